The van der Waals surface area contributed by atoms with Crippen LogP contribution in [-0.4, -0.2) is 27.3 Å². The summed E-state index contributed by atoms with van der Waals surface area (Å²) in [7, 11) is 0. The van der Waals surface area contributed by atoms with Gasteiger partial charge in [-0.15, -0.1) is 0 Å². The average Bonchev–Trinajstić information content (AvgIpc) is 2.84. The van der Waals surface area contributed by atoms with Crippen molar-refractivity contribution in [1.82, 2.24) is 0 Å². The Labute approximate surface area is 187 Å². The molecule has 0 aromatic heterocycles. The van der Waals surface area contributed by atoms with Crippen LogP contribution in [0.5, 0.6) is 0 Å². The normalized spacial score (nSPS) is 11.0. The fraction of sp³-hybridized carbons (Fsp3) is 0.0870. The van der Waals surface area contributed by atoms with E-state index < -0.39 is 33.0 Å². The van der Waals surface area contributed by atoms with E-state index in [-0.39, 0.29) is 28.8 Å². The molecular weight excluding hydrogens is 430 g/mol. The van der Waals surface area contributed by atoms with E-state index in [2.05, 4.69) is 5.16 Å². The lowest BCUT2D eigenvalue weighted by molar-refractivity contribution is -0.393. The summed E-state index contributed by atoms with van der Waals surface area (Å²) in [6.07, 6.45) is 0.205. The molecule has 0 unspecified atom stereocenters. The number of nitro groups is 2. The van der Waals surface area contributed by atoms with Gasteiger partial charge >= 0.3 is 5.97 Å². The predicted octanol–water partition coefficient (Wildman–Crippen LogP) is 4.98. The molecule has 0 amide bonds. The number of nitrogens with zero attached hydrogens (tertiary/aromatic N) is 3. The quantitative estimate of drug-likeness (QED) is 0.156. The van der Waals surface area contributed by atoms with Gasteiger partial charge in [0.05, 0.1) is 27.0 Å². The Hall–Kier alpha value is -4.73. The molecule has 0 saturated carbocycles. The van der Waals surface area contributed by atoms with Crippen LogP contribution < -0.4 is 0 Å². The first kappa shape index (κ1) is 22.9. The number of rotatable bonds is 8. The van der Waals surface area contributed by atoms with Gasteiger partial charge in [-0.25, -0.2) is 4.79 Å². The third-order valence-corrected chi connectivity index (χ3v) is 4.69. The fourth-order valence-corrected chi connectivity index (χ4v) is 2.99. The van der Waals surface area contributed by atoms with Crippen LogP contribution in [0.1, 0.15) is 34.1 Å². The molecule has 3 aromatic carbocycles. The standard InChI is InChI=1S/C23H17N3O7/c1-2-20(24-33-23(28)17-6-4-3-5-7-17)22(27)16-10-8-15(9-11-16)19-13-12-18(25(29)30)14-21(19)26(31)32/h3-14H,2H2,1H3/b24-20-. The van der Waals surface area contributed by atoms with Crippen molar-refractivity contribution in [3.8, 4) is 11.1 Å². The third kappa shape index (κ3) is 5.31. The lowest BCUT2D eigenvalue weighted by atomic mass is 9.99. The molecule has 0 spiro atoms. The Morgan fingerprint density at radius 2 is 1.55 bits per heavy atom. The minimum atomic E-state index is -0.714. The number of hydrogen-bond acceptors (Lipinski definition) is 8. The first-order valence-corrected chi connectivity index (χ1v) is 9.73. The summed E-state index contributed by atoms with van der Waals surface area (Å²) < 4.78 is 0. The number of benzene rings is 3. The molecule has 0 aliphatic carbocycles. The summed E-state index contributed by atoms with van der Waals surface area (Å²) in [5.41, 5.74) is 0.300. The summed E-state index contributed by atoms with van der Waals surface area (Å²) in [5, 5.41) is 26.0. The van der Waals surface area contributed by atoms with Crippen molar-refractivity contribution < 1.29 is 24.3 Å². The lowest BCUT2D eigenvalue weighted by Crippen LogP contribution is -2.15. The number of carbonyl (C=O) groups excluding carboxylic acids is 2. The van der Waals surface area contributed by atoms with E-state index in [4.69, 9.17) is 4.84 Å². The summed E-state index contributed by atoms with van der Waals surface area (Å²) in [5.74, 6) is -1.17. The molecule has 10 nitrogen and oxygen atoms in total. The number of oxime groups is 1. The maximum Gasteiger partial charge on any atom is 0.365 e. The molecule has 0 saturated heterocycles. The van der Waals surface area contributed by atoms with Crippen molar-refractivity contribution in [3.63, 3.8) is 0 Å². The van der Waals surface area contributed by atoms with Gasteiger partial charge < -0.3 is 4.84 Å². The van der Waals surface area contributed by atoms with Crippen molar-refractivity contribution in [1.29, 1.82) is 0 Å². The highest BCUT2D eigenvalue weighted by molar-refractivity contribution is 6.45. The largest absolute Gasteiger partial charge is 0.365 e. The monoisotopic (exact) mass is 447 g/mol. The highest BCUT2D eigenvalue weighted by Gasteiger charge is 2.21. The molecule has 0 aliphatic heterocycles. The van der Waals surface area contributed by atoms with Crippen LogP contribution in [-0.2, 0) is 4.84 Å². The van der Waals surface area contributed by atoms with Gasteiger partial charge in [-0.1, -0.05) is 54.5 Å². The van der Waals surface area contributed by atoms with E-state index in [1.165, 1.54) is 36.4 Å². The van der Waals surface area contributed by atoms with Gasteiger partial charge in [0.25, 0.3) is 11.4 Å². The van der Waals surface area contributed by atoms with E-state index in [0.717, 1.165) is 6.07 Å². The summed E-state index contributed by atoms with van der Waals surface area (Å²) >= 11 is 0. The zero-order valence-corrected chi connectivity index (χ0v) is 17.3. The van der Waals surface area contributed by atoms with E-state index in [1.54, 1.807) is 37.3 Å². The van der Waals surface area contributed by atoms with E-state index in [1.807, 2.05) is 0 Å². The molecule has 0 atom stereocenters. The summed E-state index contributed by atoms with van der Waals surface area (Å²) in [6, 6.07) is 17.4. The van der Waals surface area contributed by atoms with E-state index >= 15 is 0 Å². The van der Waals surface area contributed by atoms with Gasteiger partial charge in [0.1, 0.15) is 5.71 Å². The summed E-state index contributed by atoms with van der Waals surface area (Å²) in [6.45, 7) is 1.68. The van der Waals surface area contributed by atoms with Crippen molar-refractivity contribution in [2.75, 3.05) is 0 Å². The Balaban J connectivity index is 1.83. The molecule has 0 bridgehead atoms. The second-order valence-electron chi connectivity index (χ2n) is 6.76. The molecule has 33 heavy (non-hydrogen) atoms. The highest BCUT2D eigenvalue weighted by Crippen LogP contribution is 2.33. The van der Waals surface area contributed by atoms with Gasteiger partial charge in [0, 0.05) is 11.6 Å². The second kappa shape index (κ2) is 10.1. The number of nitro benzene ring substituents is 2. The first-order chi connectivity index (χ1) is 15.8. The van der Waals surface area contributed by atoms with Gasteiger partial charge in [0.15, 0.2) is 0 Å². The zero-order chi connectivity index (χ0) is 24.0. The lowest BCUT2D eigenvalue weighted by Gasteiger charge is -2.06. The minimum absolute atomic E-state index is 0.0216. The van der Waals surface area contributed by atoms with Gasteiger partial charge in [-0.05, 0) is 30.2 Å². The molecule has 3 rings (SSSR count). The molecule has 166 valence electrons. The number of hydrogen-bond donors (Lipinski definition) is 0. The average molecular weight is 447 g/mol. The molecule has 0 N–H and O–H groups in total. The number of Topliss-reactive ketones (excluding diaryl/α,β-unsaturated/α-hetero) is 1. The maximum absolute atomic E-state index is 12.8. The highest BCUT2D eigenvalue weighted by atomic mass is 16.7. The van der Waals surface area contributed by atoms with Crippen LogP contribution >= 0.6 is 0 Å². The SMILES string of the molecule is CC/C(=N/OC(=O)c1ccccc1)C(=O)c1ccc(-c2ccc([N+](=O)[O-])cc2[N+](=O)[O-])cc1. The maximum atomic E-state index is 12.8. The van der Waals surface area contributed by atoms with Crippen molar-refractivity contribution in [3.05, 3.63) is 104 Å². The molecule has 0 aliphatic rings. The van der Waals surface area contributed by atoms with Crippen LogP contribution in [0.15, 0.2) is 78.0 Å². The van der Waals surface area contributed by atoms with Crippen LogP contribution in [0, 0.1) is 20.2 Å². The Morgan fingerprint density at radius 3 is 2.12 bits per heavy atom. The zero-order valence-electron chi connectivity index (χ0n) is 17.3. The van der Waals surface area contributed by atoms with Crippen LogP contribution in [0.2, 0.25) is 0 Å². The summed E-state index contributed by atoms with van der Waals surface area (Å²) in [4.78, 5) is 50.6. The number of carbonyl (C=O) groups is 2. The molecule has 3 aromatic rings. The first-order valence-electron chi connectivity index (χ1n) is 9.73. The predicted molar refractivity (Wildman–Crippen MR) is 119 cm³/mol. The van der Waals surface area contributed by atoms with E-state index in [0.29, 0.717) is 5.56 Å². The molecule has 0 heterocycles. The Morgan fingerprint density at radius 1 is 0.879 bits per heavy atom. The molecule has 10 heteroatoms. The van der Waals surface area contributed by atoms with Gasteiger partial charge in [-0.3, -0.25) is 25.0 Å². The molecular formula is C23H17N3O7. The van der Waals surface area contributed by atoms with Gasteiger partial charge in [0.2, 0.25) is 5.78 Å². The van der Waals surface area contributed by atoms with Crippen molar-refractivity contribution >= 4 is 28.8 Å². The fourth-order valence-electron chi connectivity index (χ4n) is 2.99. The number of non-ortho nitro benzene ring substituents is 1. The van der Waals surface area contributed by atoms with Gasteiger partial charge in [-0.2, -0.15) is 0 Å². The topological polar surface area (TPSA) is 142 Å². The minimum Gasteiger partial charge on any atom is -0.312 e. The van der Waals surface area contributed by atoms with Crippen LogP contribution in [0.3, 0.4) is 0 Å². The number of ketones is 1. The third-order valence-electron chi connectivity index (χ3n) is 4.69. The molecule has 0 fully saturated rings. The van der Waals surface area contributed by atoms with Crippen LogP contribution in [0.4, 0.5) is 11.4 Å². The smallest absolute Gasteiger partial charge is 0.312 e. The Kier molecular flexibility index (Phi) is 6.99. The Bertz CT molecular complexity index is 1250. The van der Waals surface area contributed by atoms with E-state index in [9.17, 15) is 29.8 Å². The van der Waals surface area contributed by atoms with Crippen LogP contribution in [0.25, 0.3) is 11.1 Å². The van der Waals surface area contributed by atoms with Crippen molar-refractivity contribution in [2.24, 2.45) is 5.16 Å². The molecule has 0 radical (unpaired) electrons. The second-order valence-corrected chi connectivity index (χ2v) is 6.76. The van der Waals surface area contributed by atoms with Crippen molar-refractivity contribution in [2.45, 2.75) is 13.3 Å².